The van der Waals surface area contributed by atoms with E-state index < -0.39 is 0 Å². The van der Waals surface area contributed by atoms with E-state index in [0.29, 0.717) is 0 Å². The van der Waals surface area contributed by atoms with Gasteiger partial charge in [0.15, 0.2) is 5.65 Å². The topological polar surface area (TPSA) is 30.2 Å². The number of fused-ring (bicyclic) bond motifs is 11. The van der Waals surface area contributed by atoms with Crippen molar-refractivity contribution in [2.75, 3.05) is 0 Å². The van der Waals surface area contributed by atoms with Crippen LogP contribution in [0.4, 0.5) is 0 Å². The molecule has 3 heterocycles. The van der Waals surface area contributed by atoms with Gasteiger partial charge in [-0.2, -0.15) is 0 Å². The SMILES string of the molecule is C/C=C\C=C/c1cccc(-c2c3ccccc3c(-c3ccc4ccccc4c3)c3ccc(-c4ccc5c(c4)c4cccnc4c4nc6ccccc6n54)cc23)c1. The summed E-state index contributed by atoms with van der Waals surface area (Å²) < 4.78 is 2.27. The lowest BCUT2D eigenvalue weighted by atomic mass is 9.84. The second-order valence-electron chi connectivity index (χ2n) is 14.5. The number of aromatic nitrogens is 3. The second kappa shape index (κ2) is 12.9. The van der Waals surface area contributed by atoms with E-state index in [4.69, 9.17) is 9.97 Å². The van der Waals surface area contributed by atoms with Gasteiger partial charge in [0.1, 0.15) is 5.52 Å². The zero-order valence-corrected chi connectivity index (χ0v) is 30.8. The van der Waals surface area contributed by atoms with Gasteiger partial charge in [-0.25, -0.2) is 4.98 Å². The lowest BCUT2D eigenvalue weighted by molar-refractivity contribution is 1.29. The quantitative estimate of drug-likeness (QED) is 0.101. The molecule has 262 valence electrons. The molecule has 0 bridgehead atoms. The van der Waals surface area contributed by atoms with Crippen LogP contribution in [0.1, 0.15) is 12.5 Å². The van der Waals surface area contributed by atoms with Crippen molar-refractivity contribution < 1.29 is 0 Å². The van der Waals surface area contributed by atoms with Crippen LogP contribution >= 0.6 is 0 Å². The van der Waals surface area contributed by atoms with Crippen LogP contribution < -0.4 is 0 Å². The number of benzene rings is 8. The van der Waals surface area contributed by atoms with E-state index in [1.165, 1.54) is 60.1 Å². The van der Waals surface area contributed by atoms with Crippen LogP contribution in [0.25, 0.3) is 110 Å². The minimum absolute atomic E-state index is 0.883. The molecule has 8 aromatic carbocycles. The highest BCUT2D eigenvalue weighted by Gasteiger charge is 2.19. The molecule has 0 aliphatic rings. The number of para-hydroxylation sites is 2. The maximum atomic E-state index is 5.04. The summed E-state index contributed by atoms with van der Waals surface area (Å²) in [4.78, 5) is 9.91. The van der Waals surface area contributed by atoms with Gasteiger partial charge < -0.3 is 0 Å². The van der Waals surface area contributed by atoms with Crippen molar-refractivity contribution in [3.63, 3.8) is 0 Å². The molecular formula is C53H35N3. The van der Waals surface area contributed by atoms with Crippen LogP contribution in [0.15, 0.2) is 188 Å². The third-order valence-electron chi connectivity index (χ3n) is 11.3. The number of hydrogen-bond donors (Lipinski definition) is 0. The molecular weight excluding hydrogens is 679 g/mol. The molecule has 0 N–H and O–H groups in total. The second-order valence-corrected chi connectivity index (χ2v) is 14.5. The molecule has 11 aromatic rings. The third-order valence-corrected chi connectivity index (χ3v) is 11.3. The number of rotatable bonds is 5. The zero-order chi connectivity index (χ0) is 37.2. The van der Waals surface area contributed by atoms with E-state index >= 15 is 0 Å². The summed E-state index contributed by atoms with van der Waals surface area (Å²) in [7, 11) is 0. The summed E-state index contributed by atoms with van der Waals surface area (Å²) in [5.74, 6) is 0. The van der Waals surface area contributed by atoms with Crippen LogP contribution in [0.3, 0.4) is 0 Å². The lowest BCUT2D eigenvalue weighted by Crippen LogP contribution is -1.94. The van der Waals surface area contributed by atoms with E-state index in [1.54, 1.807) is 0 Å². The first kappa shape index (κ1) is 32.1. The van der Waals surface area contributed by atoms with E-state index in [-0.39, 0.29) is 0 Å². The summed E-state index contributed by atoms with van der Waals surface area (Å²) in [6.45, 7) is 2.04. The Kier molecular flexibility index (Phi) is 7.39. The number of allylic oxidation sites excluding steroid dienone is 3. The fraction of sp³-hybridized carbons (Fsp3) is 0.0189. The number of nitrogens with zero attached hydrogens (tertiary/aromatic N) is 3. The molecule has 3 heteroatoms. The molecule has 0 unspecified atom stereocenters. The molecule has 11 rings (SSSR count). The molecule has 0 radical (unpaired) electrons. The summed E-state index contributed by atoms with van der Waals surface area (Å²) in [6, 6.07) is 59.8. The molecule has 0 saturated heterocycles. The lowest BCUT2D eigenvalue weighted by Gasteiger charge is -2.19. The van der Waals surface area contributed by atoms with E-state index in [0.717, 1.165) is 49.6 Å². The maximum Gasteiger partial charge on any atom is 0.165 e. The standard InChI is InChI=1S/C53H35N3/c1-2-3-4-13-34-14-11-17-39(30-34)51-42-19-8-7-18-41(42)50(40-24-23-35-15-5-6-16-36(35)31-40)43-27-25-37(33-46(43)51)38-26-28-48-45(32-38)44-20-12-29-54-52(44)53-55-47-21-9-10-22-49(47)56(48)53/h2-33H,1H3/b3-2-,13-4-. The molecule has 0 saturated carbocycles. The molecule has 0 spiro atoms. The Morgan fingerprint density at radius 1 is 0.464 bits per heavy atom. The minimum Gasteiger partial charge on any atom is -0.290 e. The summed E-state index contributed by atoms with van der Waals surface area (Å²) in [5, 5.41) is 9.66. The Hall–Kier alpha value is -7.36. The number of imidazole rings is 1. The number of hydrogen-bond acceptors (Lipinski definition) is 2. The smallest absolute Gasteiger partial charge is 0.165 e. The minimum atomic E-state index is 0.883. The largest absolute Gasteiger partial charge is 0.290 e. The average Bonchev–Trinajstić information content (AvgIpc) is 3.65. The van der Waals surface area contributed by atoms with Crippen molar-refractivity contribution in [3.05, 3.63) is 194 Å². The molecule has 0 fully saturated rings. The van der Waals surface area contributed by atoms with Gasteiger partial charge in [-0.1, -0.05) is 140 Å². The number of pyridine rings is 2. The van der Waals surface area contributed by atoms with Gasteiger partial charge in [0.25, 0.3) is 0 Å². The van der Waals surface area contributed by atoms with Crippen molar-refractivity contribution in [2.45, 2.75) is 6.92 Å². The van der Waals surface area contributed by atoms with Crippen LogP contribution in [0.2, 0.25) is 0 Å². The fourth-order valence-corrected chi connectivity index (χ4v) is 8.76. The Morgan fingerprint density at radius 3 is 2.04 bits per heavy atom. The van der Waals surface area contributed by atoms with Crippen LogP contribution in [-0.4, -0.2) is 14.4 Å². The Morgan fingerprint density at radius 2 is 1.16 bits per heavy atom. The van der Waals surface area contributed by atoms with Crippen LogP contribution in [-0.2, 0) is 0 Å². The van der Waals surface area contributed by atoms with Gasteiger partial charge in [-0.05, 0) is 127 Å². The highest BCUT2D eigenvalue weighted by atomic mass is 15.0. The molecule has 0 amide bonds. The molecule has 3 nitrogen and oxygen atoms in total. The molecule has 56 heavy (non-hydrogen) atoms. The Bertz CT molecular complexity index is 3440. The Balaban J connectivity index is 1.21. The third kappa shape index (κ3) is 5.05. The Labute approximate surface area is 324 Å². The van der Waals surface area contributed by atoms with Crippen molar-refractivity contribution in [1.29, 1.82) is 0 Å². The summed E-state index contributed by atoms with van der Waals surface area (Å²) >= 11 is 0. The first-order chi connectivity index (χ1) is 27.7. The maximum absolute atomic E-state index is 5.04. The first-order valence-corrected chi connectivity index (χ1v) is 19.2. The molecule has 0 aliphatic carbocycles. The van der Waals surface area contributed by atoms with Crippen molar-refractivity contribution in [2.24, 2.45) is 0 Å². The highest BCUT2D eigenvalue weighted by Crippen LogP contribution is 2.46. The fourth-order valence-electron chi connectivity index (χ4n) is 8.76. The molecule has 0 atom stereocenters. The predicted molar refractivity (Wildman–Crippen MR) is 238 cm³/mol. The van der Waals surface area contributed by atoms with Gasteiger partial charge >= 0.3 is 0 Å². The summed E-state index contributed by atoms with van der Waals surface area (Å²) in [6.07, 6.45) is 10.3. The summed E-state index contributed by atoms with van der Waals surface area (Å²) in [5.41, 5.74) is 13.4. The van der Waals surface area contributed by atoms with E-state index in [2.05, 4.69) is 180 Å². The van der Waals surface area contributed by atoms with Crippen LogP contribution in [0, 0.1) is 0 Å². The van der Waals surface area contributed by atoms with Gasteiger partial charge in [0, 0.05) is 17.0 Å². The van der Waals surface area contributed by atoms with Crippen LogP contribution in [0.5, 0.6) is 0 Å². The zero-order valence-electron chi connectivity index (χ0n) is 30.8. The van der Waals surface area contributed by atoms with Crippen molar-refractivity contribution in [1.82, 2.24) is 14.4 Å². The average molecular weight is 714 g/mol. The first-order valence-electron chi connectivity index (χ1n) is 19.2. The van der Waals surface area contributed by atoms with Gasteiger partial charge in [0.2, 0.25) is 0 Å². The highest BCUT2D eigenvalue weighted by molar-refractivity contribution is 6.22. The van der Waals surface area contributed by atoms with E-state index in [1.807, 2.05) is 25.3 Å². The monoisotopic (exact) mass is 713 g/mol. The van der Waals surface area contributed by atoms with Crippen molar-refractivity contribution >= 4 is 76.9 Å². The normalized spacial score (nSPS) is 12.2. The molecule has 0 aliphatic heterocycles. The molecule has 3 aromatic heterocycles. The van der Waals surface area contributed by atoms with Crippen molar-refractivity contribution in [3.8, 4) is 33.4 Å². The van der Waals surface area contributed by atoms with Gasteiger partial charge in [-0.15, -0.1) is 0 Å². The van der Waals surface area contributed by atoms with Gasteiger partial charge in [-0.3, -0.25) is 9.38 Å². The predicted octanol–water partition coefficient (Wildman–Crippen LogP) is 14.2. The van der Waals surface area contributed by atoms with E-state index in [9.17, 15) is 0 Å². The van der Waals surface area contributed by atoms with Gasteiger partial charge in [0.05, 0.1) is 16.6 Å².